The van der Waals surface area contributed by atoms with Crippen LogP contribution in [0.5, 0.6) is 0 Å². The van der Waals surface area contributed by atoms with E-state index in [9.17, 15) is 18.7 Å². The minimum Gasteiger partial charge on any atom is -0.375 e. The first-order valence-corrected chi connectivity index (χ1v) is 9.85. The van der Waals surface area contributed by atoms with Crippen LogP contribution in [0.25, 0.3) is 5.52 Å². The SMILES string of the molecule is Cc1cc(Nc2nc(N3CCN(C(=O)[C@@](C)(O)C(C)(F)F)CC3)nn3cccc23)n[nH]1. The van der Waals surface area contributed by atoms with Crippen molar-refractivity contribution in [2.24, 2.45) is 0 Å². The molecule has 3 aromatic rings. The molecule has 0 spiro atoms. The molecule has 0 aromatic carbocycles. The molecule has 0 saturated carbocycles. The van der Waals surface area contributed by atoms with Crippen LogP contribution in [0.3, 0.4) is 0 Å². The topological polar surface area (TPSA) is 115 Å². The number of aromatic amines is 1. The van der Waals surface area contributed by atoms with Crippen molar-refractivity contribution in [3.63, 3.8) is 0 Å². The second-order valence-electron chi connectivity index (χ2n) is 7.90. The average Bonchev–Trinajstić information content (AvgIpc) is 3.35. The summed E-state index contributed by atoms with van der Waals surface area (Å²) in [4.78, 5) is 20.2. The molecule has 10 nitrogen and oxygen atoms in total. The fraction of sp³-hybridized carbons (Fsp3) is 0.474. The summed E-state index contributed by atoms with van der Waals surface area (Å²) < 4.78 is 29.0. The number of halogens is 2. The van der Waals surface area contributed by atoms with E-state index in [-0.39, 0.29) is 13.1 Å². The molecule has 0 aliphatic carbocycles. The molecule has 3 N–H and O–H groups in total. The molecule has 4 heterocycles. The Labute approximate surface area is 176 Å². The van der Waals surface area contributed by atoms with Crippen LogP contribution in [-0.2, 0) is 4.79 Å². The van der Waals surface area contributed by atoms with Gasteiger partial charge in [0.05, 0.1) is 0 Å². The number of piperazine rings is 1. The van der Waals surface area contributed by atoms with Crippen molar-refractivity contribution in [1.82, 2.24) is 29.7 Å². The van der Waals surface area contributed by atoms with Crippen LogP contribution in [-0.4, -0.2) is 78.4 Å². The van der Waals surface area contributed by atoms with E-state index in [2.05, 4.69) is 25.6 Å². The highest BCUT2D eigenvalue weighted by molar-refractivity contribution is 5.86. The molecule has 1 saturated heterocycles. The first-order chi connectivity index (χ1) is 14.6. The minimum absolute atomic E-state index is 0.166. The number of aliphatic hydroxyl groups is 1. The van der Waals surface area contributed by atoms with Gasteiger partial charge in [-0.15, -0.1) is 5.10 Å². The van der Waals surface area contributed by atoms with Gasteiger partial charge in [-0.2, -0.15) is 10.1 Å². The van der Waals surface area contributed by atoms with E-state index in [1.165, 1.54) is 4.90 Å². The van der Waals surface area contributed by atoms with E-state index in [0.717, 1.165) is 18.1 Å². The van der Waals surface area contributed by atoms with Crippen molar-refractivity contribution in [2.75, 3.05) is 36.4 Å². The second kappa shape index (κ2) is 7.45. The third-order valence-corrected chi connectivity index (χ3v) is 5.45. The Hall–Kier alpha value is -3.28. The summed E-state index contributed by atoms with van der Waals surface area (Å²) in [5.41, 5.74) is -1.09. The van der Waals surface area contributed by atoms with E-state index in [1.54, 1.807) is 10.7 Å². The van der Waals surface area contributed by atoms with Crippen LogP contribution >= 0.6 is 0 Å². The number of anilines is 3. The van der Waals surface area contributed by atoms with E-state index >= 15 is 0 Å². The monoisotopic (exact) mass is 434 g/mol. The summed E-state index contributed by atoms with van der Waals surface area (Å²) in [6, 6.07) is 5.56. The van der Waals surface area contributed by atoms with Gasteiger partial charge in [0.1, 0.15) is 5.52 Å². The van der Waals surface area contributed by atoms with Crippen LogP contribution in [0.15, 0.2) is 24.4 Å². The van der Waals surface area contributed by atoms with Crippen molar-refractivity contribution in [1.29, 1.82) is 0 Å². The Kier molecular flexibility index (Phi) is 5.04. The van der Waals surface area contributed by atoms with Gasteiger partial charge in [0, 0.05) is 51.1 Å². The van der Waals surface area contributed by atoms with Gasteiger partial charge >= 0.3 is 0 Å². The number of aryl methyl sites for hydroxylation is 1. The molecule has 1 atom stereocenters. The van der Waals surface area contributed by atoms with E-state index in [0.29, 0.717) is 37.6 Å². The quantitative estimate of drug-likeness (QED) is 0.558. The van der Waals surface area contributed by atoms with Crippen molar-refractivity contribution in [2.45, 2.75) is 32.3 Å². The fourth-order valence-corrected chi connectivity index (χ4v) is 3.36. The number of alkyl halides is 2. The number of nitrogens with one attached hydrogen (secondary N) is 2. The molecule has 0 unspecified atom stereocenters. The Morgan fingerprint density at radius 1 is 1.26 bits per heavy atom. The summed E-state index contributed by atoms with van der Waals surface area (Å²) in [5.74, 6) is -2.93. The Balaban J connectivity index is 1.52. The molecule has 31 heavy (non-hydrogen) atoms. The van der Waals surface area contributed by atoms with Crippen molar-refractivity contribution in [3.05, 3.63) is 30.1 Å². The summed E-state index contributed by atoms with van der Waals surface area (Å²) >= 11 is 0. The van der Waals surface area contributed by atoms with Gasteiger partial charge in [0.15, 0.2) is 11.6 Å². The number of aromatic nitrogens is 5. The number of hydrogen-bond acceptors (Lipinski definition) is 7. The van der Waals surface area contributed by atoms with Crippen molar-refractivity contribution >= 4 is 29.0 Å². The highest BCUT2D eigenvalue weighted by Gasteiger charge is 2.52. The summed E-state index contributed by atoms with van der Waals surface area (Å²) in [6.07, 6.45) is 1.79. The van der Waals surface area contributed by atoms with Gasteiger partial charge in [-0.3, -0.25) is 9.89 Å². The molecule has 166 valence electrons. The van der Waals surface area contributed by atoms with E-state index in [4.69, 9.17) is 0 Å². The van der Waals surface area contributed by atoms with Crippen LogP contribution in [0.2, 0.25) is 0 Å². The van der Waals surface area contributed by atoms with E-state index in [1.807, 2.05) is 30.0 Å². The third-order valence-electron chi connectivity index (χ3n) is 5.45. The fourth-order valence-electron chi connectivity index (χ4n) is 3.36. The molecule has 12 heteroatoms. The zero-order valence-corrected chi connectivity index (χ0v) is 17.4. The first kappa shape index (κ1) is 21.0. The molecule has 1 amide bonds. The molecule has 1 aliphatic heterocycles. The lowest BCUT2D eigenvalue weighted by molar-refractivity contribution is -0.189. The third kappa shape index (κ3) is 3.90. The normalized spacial score (nSPS) is 17.1. The summed E-state index contributed by atoms with van der Waals surface area (Å²) in [6.45, 7) is 4.29. The number of hydrogen-bond donors (Lipinski definition) is 3. The van der Waals surface area contributed by atoms with Crippen LogP contribution in [0.4, 0.5) is 26.4 Å². The van der Waals surface area contributed by atoms with E-state index < -0.39 is 17.4 Å². The molecule has 1 aliphatic rings. The number of rotatable bonds is 5. The predicted octanol–water partition coefficient (Wildman–Crippen LogP) is 1.56. The predicted molar refractivity (Wildman–Crippen MR) is 110 cm³/mol. The minimum atomic E-state index is -3.55. The maximum absolute atomic E-state index is 13.6. The number of carbonyl (C=O) groups excluding carboxylic acids is 1. The summed E-state index contributed by atoms with van der Waals surface area (Å²) in [7, 11) is 0. The highest BCUT2D eigenvalue weighted by atomic mass is 19.3. The Morgan fingerprint density at radius 2 is 1.97 bits per heavy atom. The van der Waals surface area contributed by atoms with Crippen LogP contribution in [0, 0.1) is 6.92 Å². The number of nitrogens with zero attached hydrogens (tertiary/aromatic N) is 6. The zero-order chi connectivity index (χ0) is 22.4. The second-order valence-corrected chi connectivity index (χ2v) is 7.90. The van der Waals surface area contributed by atoms with Gasteiger partial charge in [-0.05, 0) is 26.0 Å². The molecular weight excluding hydrogens is 410 g/mol. The van der Waals surface area contributed by atoms with Crippen molar-refractivity contribution < 1.29 is 18.7 Å². The molecule has 0 bridgehead atoms. The number of H-pyrrole nitrogens is 1. The van der Waals surface area contributed by atoms with Gasteiger partial charge in [0.25, 0.3) is 11.8 Å². The number of fused-ring (bicyclic) bond motifs is 1. The van der Waals surface area contributed by atoms with Gasteiger partial charge in [-0.25, -0.2) is 13.3 Å². The number of carbonyl (C=O) groups is 1. The Bertz CT molecular complexity index is 1100. The molecule has 4 rings (SSSR count). The average molecular weight is 434 g/mol. The van der Waals surface area contributed by atoms with Crippen molar-refractivity contribution in [3.8, 4) is 0 Å². The molecule has 1 fully saturated rings. The van der Waals surface area contributed by atoms with Gasteiger partial charge in [-0.1, -0.05) is 0 Å². The highest BCUT2D eigenvalue weighted by Crippen LogP contribution is 2.30. The molecule has 0 radical (unpaired) electrons. The zero-order valence-electron chi connectivity index (χ0n) is 17.4. The van der Waals surface area contributed by atoms with Crippen LogP contribution in [0.1, 0.15) is 19.5 Å². The van der Waals surface area contributed by atoms with Gasteiger partial charge in [0.2, 0.25) is 11.5 Å². The Morgan fingerprint density at radius 3 is 2.58 bits per heavy atom. The standard InChI is InChI=1S/C19H24F2N8O2/c1-12-11-14(25-24-12)22-15-13-5-4-6-29(13)26-17(23-15)28-9-7-27(8-10-28)16(30)18(2,31)19(3,20)21/h4-6,11,31H,7-10H2,1-3H3,(H2,22,23,24,25,26)/t18-/m1/s1. The van der Waals surface area contributed by atoms with Gasteiger partial charge < -0.3 is 20.2 Å². The molecule has 3 aromatic heterocycles. The molecular formula is C19H24F2N8O2. The lowest BCUT2D eigenvalue weighted by atomic mass is 9.97. The largest absolute Gasteiger partial charge is 0.375 e. The lowest BCUT2D eigenvalue weighted by Gasteiger charge is -2.39. The maximum atomic E-state index is 13.6. The maximum Gasteiger partial charge on any atom is 0.282 e. The first-order valence-electron chi connectivity index (χ1n) is 9.85. The van der Waals surface area contributed by atoms with Crippen LogP contribution < -0.4 is 10.2 Å². The summed E-state index contributed by atoms with van der Waals surface area (Å²) in [5, 5.41) is 24.7. The number of amides is 1. The smallest absolute Gasteiger partial charge is 0.282 e. The lowest BCUT2D eigenvalue weighted by Crippen LogP contribution is -2.60.